The van der Waals surface area contributed by atoms with Crippen LogP contribution in [0.5, 0.6) is 5.75 Å². The van der Waals surface area contributed by atoms with E-state index in [1.54, 1.807) is 31.9 Å². The first-order chi connectivity index (χ1) is 19.2. The molecule has 0 radical (unpaired) electrons. The smallest absolute Gasteiger partial charge is 0.339 e. The number of carboxylic acids is 1. The Morgan fingerprint density at radius 2 is 1.98 bits per heavy atom. The van der Waals surface area contributed by atoms with Crippen LogP contribution in [0.2, 0.25) is 0 Å². The van der Waals surface area contributed by atoms with Gasteiger partial charge in [-0.15, -0.1) is 15.9 Å². The molecule has 2 aliphatic rings. The number of carboxylic acid groups (broad SMARTS) is 1. The van der Waals surface area contributed by atoms with Gasteiger partial charge in [-0.1, -0.05) is 30.3 Å². The highest BCUT2D eigenvalue weighted by Gasteiger charge is 2.46. The van der Waals surface area contributed by atoms with Crippen LogP contribution >= 0.6 is 10.8 Å². The fourth-order valence-electron chi connectivity index (χ4n) is 5.42. The van der Waals surface area contributed by atoms with Crippen molar-refractivity contribution in [2.45, 2.75) is 56.1 Å². The highest BCUT2D eigenvalue weighted by molar-refractivity contribution is 8.22. The van der Waals surface area contributed by atoms with E-state index in [0.29, 0.717) is 35.0 Å². The van der Waals surface area contributed by atoms with E-state index >= 15 is 0 Å². The molecule has 1 aliphatic carbocycles. The maximum absolute atomic E-state index is 12.1. The maximum atomic E-state index is 12.1. The van der Waals surface area contributed by atoms with Crippen molar-refractivity contribution in [1.29, 1.82) is 0 Å². The van der Waals surface area contributed by atoms with Gasteiger partial charge in [-0.05, 0) is 55.2 Å². The molecule has 1 saturated carbocycles. The Morgan fingerprint density at radius 3 is 2.70 bits per heavy atom. The lowest BCUT2D eigenvalue weighted by Crippen LogP contribution is -2.34. The van der Waals surface area contributed by atoms with Crippen LogP contribution in [0, 0.1) is 6.92 Å². The molecular weight excluding hydrogens is 532 g/mol. The lowest BCUT2D eigenvalue weighted by atomic mass is 10.1. The molecule has 11 nitrogen and oxygen atoms in total. The first-order valence-electron chi connectivity index (χ1n) is 13.2. The van der Waals surface area contributed by atoms with Gasteiger partial charge in [0, 0.05) is 31.6 Å². The van der Waals surface area contributed by atoms with Crippen LogP contribution in [-0.2, 0) is 13.6 Å². The summed E-state index contributed by atoms with van der Waals surface area (Å²) >= 11 is 0. The topological polar surface area (TPSA) is 139 Å². The molecule has 0 spiro atoms. The zero-order chi connectivity index (χ0) is 28.2. The Balaban J connectivity index is 1.35. The van der Waals surface area contributed by atoms with Crippen molar-refractivity contribution in [1.82, 2.24) is 29.1 Å². The molecule has 2 aromatic heterocycles. The predicted molar refractivity (Wildman–Crippen MR) is 149 cm³/mol. The molecule has 210 valence electrons. The molecule has 3 atom stereocenters. The van der Waals surface area contributed by atoms with Crippen LogP contribution in [0.25, 0.3) is 5.69 Å². The van der Waals surface area contributed by atoms with Crippen LogP contribution in [0.3, 0.4) is 0 Å². The van der Waals surface area contributed by atoms with Crippen molar-refractivity contribution in [3.8, 4) is 11.4 Å². The monoisotopic (exact) mass is 564 g/mol. The number of hydrogen-bond donors (Lipinski definition) is 3. The Bertz CT molecular complexity index is 1580. The van der Waals surface area contributed by atoms with Crippen LogP contribution < -0.4 is 4.74 Å². The van der Waals surface area contributed by atoms with E-state index < -0.39 is 16.7 Å². The zero-order valence-electron chi connectivity index (χ0n) is 22.5. The van der Waals surface area contributed by atoms with E-state index in [2.05, 4.69) is 15.4 Å². The molecule has 6 rings (SSSR count). The number of aromatic carboxylic acids is 1. The van der Waals surface area contributed by atoms with Crippen LogP contribution in [0.1, 0.15) is 64.5 Å². The largest absolute Gasteiger partial charge is 0.487 e. The average molecular weight is 565 g/mol. The third-order valence-electron chi connectivity index (χ3n) is 7.76. The van der Waals surface area contributed by atoms with Gasteiger partial charge in [-0.3, -0.25) is 13.8 Å². The van der Waals surface area contributed by atoms with Gasteiger partial charge >= 0.3 is 5.97 Å². The Labute approximate surface area is 233 Å². The van der Waals surface area contributed by atoms with Crippen molar-refractivity contribution in [3.63, 3.8) is 0 Å². The Morgan fingerprint density at radius 1 is 1.18 bits per heavy atom. The number of aromatic nitrogens is 5. The minimum absolute atomic E-state index is 0.0494. The summed E-state index contributed by atoms with van der Waals surface area (Å²) in [5, 5.41) is 22.7. The van der Waals surface area contributed by atoms with E-state index in [4.69, 9.17) is 4.74 Å². The normalized spacial score (nSPS) is 22.7. The van der Waals surface area contributed by atoms with Gasteiger partial charge in [0.1, 0.15) is 22.3 Å². The SMILES string of the molecule is CC[C@@H]1CN(Cc2cc(-n3ncc(C(=O)O)c3C3CC3c3cn(C)nn3)ccc2C)S(O)(O)c2ccccc2O1. The van der Waals surface area contributed by atoms with Crippen LogP contribution in [0.4, 0.5) is 0 Å². The Kier molecular flexibility index (Phi) is 6.65. The fraction of sp³-hybridized carbons (Fsp3) is 0.357. The quantitative estimate of drug-likeness (QED) is 0.284. The van der Waals surface area contributed by atoms with Gasteiger partial charge in [0.2, 0.25) is 0 Å². The number of hydrogen-bond acceptors (Lipinski definition) is 8. The van der Waals surface area contributed by atoms with Gasteiger partial charge in [-0.2, -0.15) is 9.40 Å². The summed E-state index contributed by atoms with van der Waals surface area (Å²) in [7, 11) is -1.51. The van der Waals surface area contributed by atoms with Crippen LogP contribution in [-0.4, -0.2) is 61.9 Å². The summed E-state index contributed by atoms with van der Waals surface area (Å²) in [6.07, 6.45) is 4.52. The van der Waals surface area contributed by atoms with Gasteiger partial charge in [0.15, 0.2) is 0 Å². The number of rotatable bonds is 7. The van der Waals surface area contributed by atoms with Gasteiger partial charge in [-0.25, -0.2) is 9.48 Å². The van der Waals surface area contributed by atoms with Crippen molar-refractivity contribution in [2.75, 3.05) is 6.54 Å². The standard InChI is InChI=1S/C28H32N6O5S/c1-4-20-15-33(40(37,38)26-8-6-5-7-25(26)39-20)14-18-11-19(10-9-17(18)2)34-27(23(13-29-34)28(35)36)22-12-21(22)24-16-32(3)31-30-24/h5-11,13,16,20-22,37-38H,4,12,14-15H2,1-3H3,(H,35,36)/t20-,21?,22?/m1/s1. The van der Waals surface area contributed by atoms with E-state index in [-0.39, 0.29) is 30.0 Å². The molecule has 12 heteroatoms. The summed E-state index contributed by atoms with van der Waals surface area (Å²) in [5.74, 6) is -0.511. The maximum Gasteiger partial charge on any atom is 0.339 e. The highest BCUT2D eigenvalue weighted by Crippen LogP contribution is 2.58. The minimum atomic E-state index is -3.32. The van der Waals surface area contributed by atoms with E-state index in [1.165, 1.54) is 6.20 Å². The van der Waals surface area contributed by atoms with Crippen molar-refractivity contribution >= 4 is 16.7 Å². The van der Waals surface area contributed by atoms with Gasteiger partial charge < -0.3 is 9.84 Å². The van der Waals surface area contributed by atoms with Gasteiger partial charge in [0.25, 0.3) is 0 Å². The molecule has 0 bridgehead atoms. The average Bonchev–Trinajstić information content (AvgIpc) is 3.41. The lowest BCUT2D eigenvalue weighted by molar-refractivity contribution is 0.0695. The predicted octanol–water partition coefficient (Wildman–Crippen LogP) is 4.98. The van der Waals surface area contributed by atoms with Crippen molar-refractivity contribution in [2.24, 2.45) is 7.05 Å². The third-order valence-corrected chi connectivity index (χ3v) is 9.69. The van der Waals surface area contributed by atoms with Crippen LogP contribution in [0.15, 0.2) is 59.8 Å². The number of nitrogens with zero attached hydrogens (tertiary/aromatic N) is 6. The van der Waals surface area contributed by atoms with Crippen molar-refractivity contribution < 1.29 is 23.7 Å². The molecule has 3 heterocycles. The minimum Gasteiger partial charge on any atom is -0.487 e. The molecule has 1 aliphatic heterocycles. The van der Waals surface area contributed by atoms with E-state index in [9.17, 15) is 19.0 Å². The summed E-state index contributed by atoms with van der Waals surface area (Å²) < 4.78 is 34.0. The molecule has 0 saturated heterocycles. The lowest BCUT2D eigenvalue weighted by Gasteiger charge is -2.42. The van der Waals surface area contributed by atoms with E-state index in [0.717, 1.165) is 23.2 Å². The summed E-state index contributed by atoms with van der Waals surface area (Å²) in [6, 6.07) is 12.9. The first kappa shape index (κ1) is 26.5. The molecule has 4 aromatic rings. The second kappa shape index (κ2) is 10.0. The number of carbonyl (C=O) groups is 1. The second-order valence-corrected chi connectivity index (χ2v) is 12.5. The number of fused-ring (bicyclic) bond motifs is 1. The fourth-order valence-corrected chi connectivity index (χ4v) is 7.04. The second-order valence-electron chi connectivity index (χ2n) is 10.5. The number of aryl methyl sites for hydroxylation is 2. The molecule has 40 heavy (non-hydrogen) atoms. The third kappa shape index (κ3) is 4.66. The molecule has 1 fully saturated rings. The first-order valence-corrected chi connectivity index (χ1v) is 14.7. The number of benzene rings is 2. The zero-order valence-corrected chi connectivity index (χ0v) is 23.3. The van der Waals surface area contributed by atoms with E-state index in [1.807, 2.05) is 51.4 Å². The van der Waals surface area contributed by atoms with Crippen molar-refractivity contribution in [3.05, 3.63) is 82.9 Å². The summed E-state index contributed by atoms with van der Waals surface area (Å²) in [6.45, 7) is 4.60. The molecule has 2 aromatic carbocycles. The molecular formula is C28H32N6O5S. The summed E-state index contributed by atoms with van der Waals surface area (Å²) in [5.41, 5.74) is 4.20. The molecule has 2 unspecified atom stereocenters. The number of para-hydroxylation sites is 1. The highest BCUT2D eigenvalue weighted by atomic mass is 32.3. The Hall–Kier alpha value is -3.71. The van der Waals surface area contributed by atoms with Gasteiger partial charge in [0.05, 0.1) is 29.8 Å². The number of ether oxygens (including phenoxy) is 1. The molecule has 3 N–H and O–H groups in total. The molecule has 0 amide bonds. The summed E-state index contributed by atoms with van der Waals surface area (Å²) in [4.78, 5) is 12.5.